The summed E-state index contributed by atoms with van der Waals surface area (Å²) in [5.74, 6) is -0.676. The van der Waals surface area contributed by atoms with Gasteiger partial charge in [-0.05, 0) is 35.9 Å². The summed E-state index contributed by atoms with van der Waals surface area (Å²) >= 11 is 0. The fourth-order valence-electron chi connectivity index (χ4n) is 2.31. The van der Waals surface area contributed by atoms with E-state index in [0.717, 1.165) is 0 Å². The molecule has 3 rings (SSSR count). The van der Waals surface area contributed by atoms with Gasteiger partial charge in [-0.1, -0.05) is 18.2 Å². The number of nitrogens with zero attached hydrogens (tertiary/aromatic N) is 1. The van der Waals surface area contributed by atoms with Crippen LogP contribution in [0.3, 0.4) is 0 Å². The van der Waals surface area contributed by atoms with Crippen LogP contribution >= 0.6 is 0 Å². The molecule has 0 unspecified atom stereocenters. The first kappa shape index (κ1) is 14.1. The number of carbonyl (C=O) groups is 2. The number of hydrogen-bond acceptors (Lipinski definition) is 2. The molecular formula is C16H14FN3O2. The van der Waals surface area contributed by atoms with Crippen molar-refractivity contribution in [3.05, 3.63) is 59.9 Å². The van der Waals surface area contributed by atoms with Gasteiger partial charge in [-0.3, -0.25) is 4.79 Å². The van der Waals surface area contributed by atoms with Crippen LogP contribution in [0.5, 0.6) is 0 Å². The quantitative estimate of drug-likeness (QED) is 0.915. The molecule has 1 aliphatic heterocycles. The minimum atomic E-state index is -0.373. The average Bonchev–Trinajstić information content (AvgIpc) is 2.49. The van der Waals surface area contributed by atoms with E-state index < -0.39 is 0 Å². The van der Waals surface area contributed by atoms with Crippen molar-refractivity contribution >= 4 is 23.3 Å². The van der Waals surface area contributed by atoms with Crippen molar-refractivity contribution in [1.82, 2.24) is 4.90 Å². The van der Waals surface area contributed by atoms with Crippen molar-refractivity contribution in [2.75, 3.05) is 17.2 Å². The van der Waals surface area contributed by atoms with Crippen LogP contribution in [0.25, 0.3) is 0 Å². The van der Waals surface area contributed by atoms with E-state index in [0.29, 0.717) is 16.9 Å². The Kier molecular flexibility index (Phi) is 3.74. The Morgan fingerprint density at radius 2 is 2.00 bits per heavy atom. The van der Waals surface area contributed by atoms with Gasteiger partial charge in [0.15, 0.2) is 0 Å². The topological polar surface area (TPSA) is 61.4 Å². The van der Waals surface area contributed by atoms with Gasteiger partial charge in [0.05, 0.1) is 6.54 Å². The van der Waals surface area contributed by atoms with Gasteiger partial charge in [0.25, 0.3) is 0 Å². The first-order valence-corrected chi connectivity index (χ1v) is 6.81. The number of halogens is 1. The zero-order valence-electron chi connectivity index (χ0n) is 11.7. The second-order valence-corrected chi connectivity index (χ2v) is 5.00. The minimum absolute atomic E-state index is 0.101. The molecule has 0 radical (unpaired) electrons. The van der Waals surface area contributed by atoms with Crippen LogP contribution in [0.15, 0.2) is 48.5 Å². The maximum Gasteiger partial charge on any atom is 0.322 e. The number of fused-ring (bicyclic) bond motifs is 1. The van der Waals surface area contributed by atoms with E-state index >= 15 is 0 Å². The molecule has 0 saturated carbocycles. The number of urea groups is 1. The molecule has 0 saturated heterocycles. The molecule has 1 aliphatic rings. The predicted octanol–water partition coefficient (Wildman–Crippen LogP) is 2.81. The van der Waals surface area contributed by atoms with Crippen molar-refractivity contribution in [2.45, 2.75) is 6.54 Å². The fraction of sp³-hybridized carbons (Fsp3) is 0.125. The summed E-state index contributed by atoms with van der Waals surface area (Å²) in [6.07, 6.45) is 0. The van der Waals surface area contributed by atoms with Crippen molar-refractivity contribution in [3.63, 3.8) is 0 Å². The largest absolute Gasteiger partial charge is 0.325 e. The standard InChI is InChI=1S/C16H14FN3O2/c17-12-6-7-14-11(8-12)9-20(16(22)19-14)10-15(21)18-13-4-2-1-3-5-13/h1-8H,9-10H2,(H,18,21)(H,19,22). The maximum atomic E-state index is 13.3. The summed E-state index contributed by atoms with van der Waals surface area (Å²) in [4.78, 5) is 25.3. The Hall–Kier alpha value is -2.89. The molecule has 0 bridgehead atoms. The van der Waals surface area contributed by atoms with E-state index in [-0.39, 0.29) is 30.8 Å². The first-order chi connectivity index (χ1) is 10.6. The third-order valence-corrected chi connectivity index (χ3v) is 3.35. The van der Waals surface area contributed by atoms with E-state index in [2.05, 4.69) is 10.6 Å². The number of para-hydroxylation sites is 1. The molecule has 0 aromatic heterocycles. The Morgan fingerprint density at radius 1 is 1.23 bits per heavy atom. The summed E-state index contributed by atoms with van der Waals surface area (Å²) in [5.41, 5.74) is 1.88. The molecule has 0 aliphatic carbocycles. The van der Waals surface area contributed by atoms with Gasteiger partial charge in [0.2, 0.25) is 5.91 Å². The number of hydrogen-bond donors (Lipinski definition) is 2. The summed E-state index contributed by atoms with van der Waals surface area (Å²) < 4.78 is 13.3. The summed E-state index contributed by atoms with van der Waals surface area (Å²) in [7, 11) is 0. The van der Waals surface area contributed by atoms with Gasteiger partial charge in [0.1, 0.15) is 12.4 Å². The lowest BCUT2D eigenvalue weighted by atomic mass is 10.1. The van der Waals surface area contributed by atoms with Gasteiger partial charge in [-0.25, -0.2) is 9.18 Å². The van der Waals surface area contributed by atoms with E-state index in [1.807, 2.05) is 18.2 Å². The normalized spacial score (nSPS) is 13.3. The van der Waals surface area contributed by atoms with Crippen LogP contribution in [-0.4, -0.2) is 23.4 Å². The van der Waals surface area contributed by atoms with E-state index in [4.69, 9.17) is 0 Å². The lowest BCUT2D eigenvalue weighted by Gasteiger charge is -2.28. The molecular weight excluding hydrogens is 285 g/mol. The third kappa shape index (κ3) is 3.06. The van der Waals surface area contributed by atoms with Crippen molar-refractivity contribution in [1.29, 1.82) is 0 Å². The number of anilines is 2. The predicted molar refractivity (Wildman–Crippen MR) is 80.9 cm³/mol. The second kappa shape index (κ2) is 5.85. The van der Waals surface area contributed by atoms with Crippen molar-refractivity contribution in [2.24, 2.45) is 0 Å². The number of rotatable bonds is 3. The minimum Gasteiger partial charge on any atom is -0.325 e. The van der Waals surface area contributed by atoms with Crippen molar-refractivity contribution in [3.8, 4) is 0 Å². The van der Waals surface area contributed by atoms with E-state index in [1.165, 1.54) is 23.1 Å². The molecule has 2 aromatic rings. The molecule has 2 N–H and O–H groups in total. The Labute approximate surface area is 126 Å². The zero-order chi connectivity index (χ0) is 15.5. The van der Waals surface area contributed by atoms with Gasteiger partial charge in [-0.2, -0.15) is 0 Å². The van der Waals surface area contributed by atoms with Crippen LogP contribution in [0.1, 0.15) is 5.56 Å². The van der Waals surface area contributed by atoms with Crippen LogP contribution in [-0.2, 0) is 11.3 Å². The molecule has 3 amide bonds. The summed E-state index contributed by atoms with van der Waals surface area (Å²) in [6, 6.07) is 12.8. The molecule has 5 nitrogen and oxygen atoms in total. The number of benzene rings is 2. The van der Waals surface area contributed by atoms with Crippen LogP contribution in [0.2, 0.25) is 0 Å². The van der Waals surface area contributed by atoms with Crippen LogP contribution in [0, 0.1) is 5.82 Å². The molecule has 1 heterocycles. The van der Waals surface area contributed by atoms with Crippen molar-refractivity contribution < 1.29 is 14.0 Å². The average molecular weight is 299 g/mol. The number of amides is 3. The molecule has 0 atom stereocenters. The Bertz CT molecular complexity index is 719. The molecule has 6 heteroatoms. The number of nitrogens with one attached hydrogen (secondary N) is 2. The fourth-order valence-corrected chi connectivity index (χ4v) is 2.31. The van der Waals surface area contributed by atoms with Crippen LogP contribution < -0.4 is 10.6 Å². The molecule has 0 spiro atoms. The highest BCUT2D eigenvalue weighted by molar-refractivity contribution is 5.98. The molecule has 2 aromatic carbocycles. The maximum absolute atomic E-state index is 13.3. The molecule has 0 fully saturated rings. The van der Waals surface area contributed by atoms with Gasteiger partial charge in [0, 0.05) is 11.4 Å². The molecule has 22 heavy (non-hydrogen) atoms. The zero-order valence-corrected chi connectivity index (χ0v) is 11.7. The summed E-state index contributed by atoms with van der Waals surface area (Å²) in [5, 5.41) is 5.36. The summed E-state index contributed by atoms with van der Waals surface area (Å²) in [6.45, 7) is 0.0951. The molecule has 112 valence electrons. The number of carbonyl (C=O) groups excluding carboxylic acids is 2. The van der Waals surface area contributed by atoms with E-state index in [9.17, 15) is 14.0 Å². The van der Waals surface area contributed by atoms with Gasteiger partial charge in [-0.15, -0.1) is 0 Å². The first-order valence-electron chi connectivity index (χ1n) is 6.81. The lowest BCUT2D eigenvalue weighted by molar-refractivity contribution is -0.116. The van der Waals surface area contributed by atoms with Crippen LogP contribution in [0.4, 0.5) is 20.6 Å². The van der Waals surface area contributed by atoms with E-state index in [1.54, 1.807) is 12.1 Å². The second-order valence-electron chi connectivity index (χ2n) is 5.00. The monoisotopic (exact) mass is 299 g/mol. The SMILES string of the molecule is O=C(CN1Cc2cc(F)ccc2NC1=O)Nc1ccccc1. The highest BCUT2D eigenvalue weighted by Crippen LogP contribution is 2.23. The highest BCUT2D eigenvalue weighted by atomic mass is 19.1. The lowest BCUT2D eigenvalue weighted by Crippen LogP contribution is -2.43. The Morgan fingerprint density at radius 3 is 2.77 bits per heavy atom. The Balaban J connectivity index is 1.68. The third-order valence-electron chi connectivity index (χ3n) is 3.35. The van der Waals surface area contributed by atoms with Gasteiger partial charge >= 0.3 is 6.03 Å². The highest BCUT2D eigenvalue weighted by Gasteiger charge is 2.24. The van der Waals surface area contributed by atoms with Gasteiger partial charge < -0.3 is 15.5 Å². The smallest absolute Gasteiger partial charge is 0.322 e.